The van der Waals surface area contributed by atoms with Crippen LogP contribution >= 0.6 is 12.4 Å². The summed E-state index contributed by atoms with van der Waals surface area (Å²) in [4.78, 5) is 4.51. The molecule has 0 aliphatic heterocycles. The van der Waals surface area contributed by atoms with Crippen molar-refractivity contribution >= 4 is 23.2 Å². The van der Waals surface area contributed by atoms with Crippen molar-refractivity contribution in [2.24, 2.45) is 0 Å². The number of benzene rings is 2. The highest BCUT2D eigenvalue weighted by Gasteiger charge is 2.10. The molecule has 3 rings (SSSR count). The summed E-state index contributed by atoms with van der Waals surface area (Å²) in [5.41, 5.74) is 2.04. The van der Waals surface area contributed by atoms with Gasteiger partial charge < -0.3 is 9.47 Å². The lowest BCUT2D eigenvalue weighted by Crippen LogP contribution is -1.92. The Morgan fingerprint density at radius 3 is 2.19 bits per heavy atom. The summed E-state index contributed by atoms with van der Waals surface area (Å²) < 4.78 is 10.7. The molecule has 0 saturated heterocycles. The number of fused-ring (bicyclic) bond motifs is 1. The van der Waals surface area contributed by atoms with Crippen molar-refractivity contribution in [3.8, 4) is 22.8 Å². The van der Waals surface area contributed by atoms with Crippen LogP contribution in [-0.2, 0) is 0 Å². The first-order valence-electron chi connectivity index (χ1n) is 6.39. The molecule has 3 nitrogen and oxygen atoms in total. The van der Waals surface area contributed by atoms with Crippen molar-refractivity contribution in [1.82, 2.24) is 4.98 Å². The summed E-state index contributed by atoms with van der Waals surface area (Å²) in [6.07, 6.45) is 1.82. The van der Waals surface area contributed by atoms with Crippen molar-refractivity contribution in [3.63, 3.8) is 0 Å². The Kier molecular flexibility index (Phi) is 4.66. The largest absolute Gasteiger partial charge is 0.493 e. The van der Waals surface area contributed by atoms with Crippen molar-refractivity contribution in [2.45, 2.75) is 0 Å². The molecule has 21 heavy (non-hydrogen) atoms. The Bertz CT molecular complexity index is 744. The quantitative estimate of drug-likeness (QED) is 0.721. The second-order valence-electron chi connectivity index (χ2n) is 4.45. The van der Waals surface area contributed by atoms with E-state index in [0.29, 0.717) is 5.75 Å². The molecule has 0 N–H and O–H groups in total. The highest BCUT2D eigenvalue weighted by molar-refractivity contribution is 5.96. The van der Waals surface area contributed by atoms with Gasteiger partial charge in [0.25, 0.3) is 0 Å². The summed E-state index contributed by atoms with van der Waals surface area (Å²) in [5.74, 6) is 1.44. The predicted molar refractivity (Wildman–Crippen MR) is 87.5 cm³/mol. The number of hydrogen-bond donors (Lipinski definition) is 0. The third-order valence-corrected chi connectivity index (χ3v) is 3.32. The molecule has 1 heterocycles. The average Bonchev–Trinajstić information content (AvgIpc) is 2.53. The van der Waals surface area contributed by atoms with E-state index in [2.05, 4.69) is 17.1 Å². The normalized spacial score (nSPS) is 10.0. The predicted octanol–water partition coefficient (Wildman–Crippen LogP) is 4.34. The SMILES string of the molecule is COc1cc2ccnc(-c3ccccc3)c2cc1OC.Cl. The van der Waals surface area contributed by atoms with Crippen LogP contribution in [0.25, 0.3) is 22.0 Å². The van der Waals surface area contributed by atoms with Gasteiger partial charge in [0.1, 0.15) is 0 Å². The van der Waals surface area contributed by atoms with Crippen LogP contribution in [0.15, 0.2) is 54.7 Å². The number of hydrogen-bond acceptors (Lipinski definition) is 3. The highest BCUT2D eigenvalue weighted by Crippen LogP contribution is 2.35. The standard InChI is InChI=1S/C17H15NO2.ClH/c1-19-15-10-13-8-9-18-17(12-6-4-3-5-7-12)14(13)11-16(15)20-2;/h3-11H,1-2H3;1H. The van der Waals surface area contributed by atoms with E-state index >= 15 is 0 Å². The molecule has 0 aliphatic carbocycles. The number of ether oxygens (including phenoxy) is 2. The maximum Gasteiger partial charge on any atom is 0.161 e. The number of pyridine rings is 1. The smallest absolute Gasteiger partial charge is 0.161 e. The van der Waals surface area contributed by atoms with Crippen LogP contribution in [0, 0.1) is 0 Å². The van der Waals surface area contributed by atoms with Crippen LogP contribution in [-0.4, -0.2) is 19.2 Å². The van der Waals surface area contributed by atoms with Crippen LogP contribution in [0.4, 0.5) is 0 Å². The average molecular weight is 302 g/mol. The van der Waals surface area contributed by atoms with E-state index < -0.39 is 0 Å². The molecule has 0 amide bonds. The summed E-state index contributed by atoms with van der Waals surface area (Å²) in [6, 6.07) is 16.1. The van der Waals surface area contributed by atoms with E-state index in [1.807, 2.05) is 42.6 Å². The van der Waals surface area contributed by atoms with Gasteiger partial charge in [-0.15, -0.1) is 12.4 Å². The van der Waals surface area contributed by atoms with Crippen molar-refractivity contribution < 1.29 is 9.47 Å². The number of aromatic nitrogens is 1. The third-order valence-electron chi connectivity index (χ3n) is 3.32. The third kappa shape index (κ3) is 2.78. The fourth-order valence-corrected chi connectivity index (χ4v) is 2.33. The van der Waals surface area contributed by atoms with Gasteiger partial charge in [-0.25, -0.2) is 0 Å². The Labute approximate surface area is 129 Å². The Morgan fingerprint density at radius 1 is 0.857 bits per heavy atom. The molecule has 1 aromatic heterocycles. The highest BCUT2D eigenvalue weighted by atomic mass is 35.5. The van der Waals surface area contributed by atoms with Gasteiger partial charge >= 0.3 is 0 Å². The maximum absolute atomic E-state index is 5.38. The van der Waals surface area contributed by atoms with Gasteiger partial charge in [-0.3, -0.25) is 4.98 Å². The van der Waals surface area contributed by atoms with E-state index in [9.17, 15) is 0 Å². The molecular weight excluding hydrogens is 286 g/mol. The number of halogens is 1. The van der Waals surface area contributed by atoms with Crippen molar-refractivity contribution in [1.29, 1.82) is 0 Å². The molecular formula is C17H16ClNO2. The molecule has 0 unspecified atom stereocenters. The second kappa shape index (κ2) is 6.46. The van der Waals surface area contributed by atoms with E-state index in [-0.39, 0.29) is 12.4 Å². The van der Waals surface area contributed by atoms with Crippen LogP contribution < -0.4 is 9.47 Å². The first-order chi connectivity index (χ1) is 9.83. The molecule has 4 heteroatoms. The Balaban J connectivity index is 0.00000161. The van der Waals surface area contributed by atoms with Gasteiger partial charge in [0, 0.05) is 17.1 Å². The lowest BCUT2D eigenvalue weighted by Gasteiger charge is -2.11. The first kappa shape index (κ1) is 15.1. The van der Waals surface area contributed by atoms with Crippen LogP contribution in [0.1, 0.15) is 0 Å². The lowest BCUT2D eigenvalue weighted by atomic mass is 10.0. The summed E-state index contributed by atoms with van der Waals surface area (Å²) in [5, 5.41) is 2.13. The molecule has 3 aromatic rings. The van der Waals surface area contributed by atoms with Gasteiger partial charge in [0.15, 0.2) is 11.5 Å². The molecule has 0 bridgehead atoms. The lowest BCUT2D eigenvalue weighted by molar-refractivity contribution is 0.356. The summed E-state index contributed by atoms with van der Waals surface area (Å²) in [7, 11) is 3.28. The molecule has 0 atom stereocenters. The van der Waals surface area contributed by atoms with Gasteiger partial charge in [-0.1, -0.05) is 30.3 Å². The molecule has 0 radical (unpaired) electrons. The fraction of sp³-hybridized carbons (Fsp3) is 0.118. The minimum absolute atomic E-state index is 0. The van der Waals surface area contributed by atoms with Gasteiger partial charge in [-0.05, 0) is 23.6 Å². The van der Waals surface area contributed by atoms with Crippen molar-refractivity contribution in [3.05, 3.63) is 54.7 Å². The summed E-state index contributed by atoms with van der Waals surface area (Å²) >= 11 is 0. The van der Waals surface area contributed by atoms with E-state index in [1.165, 1.54) is 0 Å². The minimum Gasteiger partial charge on any atom is -0.493 e. The number of nitrogens with zero attached hydrogens (tertiary/aromatic N) is 1. The Morgan fingerprint density at radius 2 is 1.52 bits per heavy atom. The second-order valence-corrected chi connectivity index (χ2v) is 4.45. The molecule has 2 aromatic carbocycles. The Hall–Kier alpha value is -2.26. The molecule has 108 valence electrons. The first-order valence-corrected chi connectivity index (χ1v) is 6.39. The molecule has 0 aliphatic rings. The minimum atomic E-state index is 0. The van der Waals surface area contributed by atoms with E-state index in [1.54, 1.807) is 14.2 Å². The molecule has 0 spiro atoms. The van der Waals surface area contributed by atoms with Crippen molar-refractivity contribution in [2.75, 3.05) is 14.2 Å². The summed E-state index contributed by atoms with van der Waals surface area (Å²) in [6.45, 7) is 0. The van der Waals surface area contributed by atoms with Crippen LogP contribution in [0.3, 0.4) is 0 Å². The molecule has 0 fully saturated rings. The van der Waals surface area contributed by atoms with Gasteiger partial charge in [-0.2, -0.15) is 0 Å². The monoisotopic (exact) mass is 301 g/mol. The zero-order valence-corrected chi connectivity index (χ0v) is 12.7. The molecule has 0 saturated carbocycles. The van der Waals surface area contributed by atoms with Crippen LogP contribution in [0.2, 0.25) is 0 Å². The van der Waals surface area contributed by atoms with E-state index in [0.717, 1.165) is 27.8 Å². The zero-order valence-electron chi connectivity index (χ0n) is 11.9. The number of methoxy groups -OCH3 is 2. The number of rotatable bonds is 3. The van der Waals surface area contributed by atoms with Gasteiger partial charge in [0.2, 0.25) is 0 Å². The van der Waals surface area contributed by atoms with E-state index in [4.69, 9.17) is 9.47 Å². The zero-order chi connectivity index (χ0) is 13.9. The topological polar surface area (TPSA) is 31.4 Å². The maximum atomic E-state index is 5.38. The van der Waals surface area contributed by atoms with Crippen LogP contribution in [0.5, 0.6) is 11.5 Å². The van der Waals surface area contributed by atoms with Gasteiger partial charge in [0.05, 0.1) is 19.9 Å². The fourth-order valence-electron chi connectivity index (χ4n) is 2.33.